The zero-order valence-corrected chi connectivity index (χ0v) is 24.4. The summed E-state index contributed by atoms with van der Waals surface area (Å²) >= 11 is 7.47. The molecule has 3 aromatic rings. The molecular weight excluding hydrogens is 576 g/mol. The number of nitrogens with zero attached hydrogens (tertiary/aromatic N) is 4. The van der Waals surface area contributed by atoms with Crippen molar-refractivity contribution < 1.29 is 22.7 Å². The number of nitrogens with one attached hydrogen (secondary N) is 2. The Balaban J connectivity index is 1.27. The van der Waals surface area contributed by atoms with Crippen molar-refractivity contribution in [3.05, 3.63) is 44.9 Å². The van der Waals surface area contributed by atoms with E-state index in [9.17, 15) is 18.0 Å². The average Bonchev–Trinajstić information content (AvgIpc) is 3.57. The van der Waals surface area contributed by atoms with Gasteiger partial charge in [-0.3, -0.25) is 9.59 Å². The number of ether oxygens (including phenoxy) is 1. The third kappa shape index (κ3) is 5.38. The molecule has 40 heavy (non-hydrogen) atoms. The van der Waals surface area contributed by atoms with Crippen LogP contribution in [0.15, 0.2) is 29.3 Å². The first kappa shape index (κ1) is 27.6. The maximum atomic E-state index is 13.8. The van der Waals surface area contributed by atoms with Gasteiger partial charge in [0, 0.05) is 79.0 Å². The molecule has 2 atom stereocenters. The Bertz CT molecular complexity index is 1550. The number of carbonyl (C=O) groups is 2. The van der Waals surface area contributed by atoms with Crippen LogP contribution in [0, 0.1) is 0 Å². The number of rotatable bonds is 5. The van der Waals surface area contributed by atoms with Gasteiger partial charge in [0.15, 0.2) is 5.01 Å². The molecule has 14 heteroatoms. The van der Waals surface area contributed by atoms with E-state index in [4.69, 9.17) is 16.3 Å². The summed E-state index contributed by atoms with van der Waals surface area (Å²) in [5.74, 6) is -0.383. The molecule has 0 saturated carbocycles. The van der Waals surface area contributed by atoms with Crippen LogP contribution in [-0.2, 0) is 32.5 Å². The van der Waals surface area contributed by atoms with Gasteiger partial charge in [0.2, 0.25) is 5.91 Å². The van der Waals surface area contributed by atoms with Crippen molar-refractivity contribution >= 4 is 55.7 Å². The van der Waals surface area contributed by atoms with E-state index in [1.54, 1.807) is 34.1 Å². The minimum atomic E-state index is -3.92. The fraction of sp³-hybridized carbons (Fsp3) is 0.500. The lowest BCUT2D eigenvalue weighted by Gasteiger charge is -2.41. The number of hydrogen-bond donors (Lipinski definition) is 2. The van der Waals surface area contributed by atoms with Gasteiger partial charge in [0.05, 0.1) is 24.9 Å². The first-order valence-corrected chi connectivity index (χ1v) is 16.0. The van der Waals surface area contributed by atoms with Crippen LogP contribution in [0.1, 0.15) is 33.7 Å². The average molecular weight is 607 g/mol. The van der Waals surface area contributed by atoms with Gasteiger partial charge in [0.25, 0.3) is 15.9 Å². The predicted molar refractivity (Wildman–Crippen MR) is 151 cm³/mol. The maximum Gasteiger partial charge on any atom is 0.283 e. The zero-order valence-electron chi connectivity index (χ0n) is 22.1. The second-order valence-electron chi connectivity index (χ2n) is 10.5. The molecule has 3 aliphatic rings. The standard InChI is InChI=1S/C26H31ClN6O5S2/c1-16-10-21-22(14-28-16)39-25(30-21)26(35)33-5-4-32(15-19(33)13-24(34)31-6-8-38-9-7-31)40(36,37)23-12-17-11-18(27)2-3-20(17)29-23/h2-3,11-12,16,19,28-29H,4-10,13-15H2,1H3. The highest BCUT2D eigenvalue weighted by atomic mass is 35.5. The Morgan fingerprint density at radius 3 is 2.77 bits per heavy atom. The molecule has 5 heterocycles. The number of fused-ring (bicyclic) bond motifs is 2. The highest BCUT2D eigenvalue weighted by Crippen LogP contribution is 2.29. The molecule has 2 unspecified atom stereocenters. The van der Waals surface area contributed by atoms with Crippen molar-refractivity contribution in [3.8, 4) is 0 Å². The number of aromatic amines is 1. The van der Waals surface area contributed by atoms with E-state index in [0.717, 1.165) is 17.0 Å². The van der Waals surface area contributed by atoms with Crippen LogP contribution in [0.4, 0.5) is 0 Å². The van der Waals surface area contributed by atoms with Gasteiger partial charge in [-0.15, -0.1) is 11.3 Å². The summed E-state index contributed by atoms with van der Waals surface area (Å²) in [5.41, 5.74) is 1.59. The van der Waals surface area contributed by atoms with Crippen LogP contribution in [0.3, 0.4) is 0 Å². The van der Waals surface area contributed by atoms with Gasteiger partial charge in [-0.05, 0) is 31.2 Å². The van der Waals surface area contributed by atoms with Crippen molar-refractivity contribution in [2.75, 3.05) is 45.9 Å². The normalized spacial score (nSPS) is 22.4. The number of H-pyrrole nitrogens is 1. The van der Waals surface area contributed by atoms with Gasteiger partial charge < -0.3 is 24.8 Å². The summed E-state index contributed by atoms with van der Waals surface area (Å²) in [6, 6.07) is 6.35. The highest BCUT2D eigenvalue weighted by molar-refractivity contribution is 7.89. The number of amides is 2. The monoisotopic (exact) mass is 606 g/mol. The molecule has 2 fully saturated rings. The van der Waals surface area contributed by atoms with Gasteiger partial charge in [-0.1, -0.05) is 11.6 Å². The van der Waals surface area contributed by atoms with Crippen LogP contribution >= 0.6 is 22.9 Å². The minimum Gasteiger partial charge on any atom is -0.378 e. The SMILES string of the molecule is CC1Cc2nc(C(=O)N3CCN(S(=O)(=O)c4cc5cc(Cl)ccc5[nH]4)CC3CC(=O)N3CCOCC3)sc2CN1. The Morgan fingerprint density at radius 2 is 1.98 bits per heavy atom. The summed E-state index contributed by atoms with van der Waals surface area (Å²) in [4.78, 5) is 39.1. The molecule has 214 valence electrons. The second kappa shape index (κ2) is 11.0. The third-order valence-corrected chi connectivity index (χ3v) is 10.8. The maximum absolute atomic E-state index is 13.8. The number of halogens is 1. The van der Waals surface area contributed by atoms with Crippen LogP contribution in [0.25, 0.3) is 10.9 Å². The number of benzene rings is 1. The van der Waals surface area contributed by atoms with Crippen molar-refractivity contribution in [1.29, 1.82) is 0 Å². The topological polar surface area (TPSA) is 128 Å². The van der Waals surface area contributed by atoms with E-state index in [2.05, 4.69) is 22.2 Å². The fourth-order valence-corrected chi connectivity index (χ4v) is 8.17. The van der Waals surface area contributed by atoms with Gasteiger partial charge in [0.1, 0.15) is 5.03 Å². The molecule has 0 bridgehead atoms. The van der Waals surface area contributed by atoms with Crippen LogP contribution in [0.2, 0.25) is 5.02 Å². The molecule has 0 spiro atoms. The summed E-state index contributed by atoms with van der Waals surface area (Å²) in [7, 11) is -3.92. The molecule has 11 nitrogen and oxygen atoms in total. The van der Waals surface area contributed by atoms with Crippen molar-refractivity contribution in [1.82, 2.24) is 29.4 Å². The van der Waals surface area contributed by atoms with Gasteiger partial charge >= 0.3 is 0 Å². The molecule has 2 aromatic heterocycles. The predicted octanol–water partition coefficient (Wildman–Crippen LogP) is 2.08. The molecule has 1 aromatic carbocycles. The molecule has 2 saturated heterocycles. The number of piperazine rings is 1. The van der Waals surface area contributed by atoms with E-state index >= 15 is 0 Å². The zero-order chi connectivity index (χ0) is 28.0. The van der Waals surface area contributed by atoms with Gasteiger partial charge in [-0.25, -0.2) is 13.4 Å². The number of hydrogen-bond acceptors (Lipinski definition) is 8. The summed E-state index contributed by atoms with van der Waals surface area (Å²) in [6.07, 6.45) is 0.767. The Labute approximate surface area is 241 Å². The fourth-order valence-electron chi connectivity index (χ4n) is 5.51. The first-order valence-electron chi connectivity index (χ1n) is 13.4. The molecule has 6 rings (SSSR count). The number of morpholine rings is 1. The quantitative estimate of drug-likeness (QED) is 0.455. The van der Waals surface area contributed by atoms with Crippen LogP contribution in [0.5, 0.6) is 0 Å². The Hall–Kier alpha value is -2.55. The van der Waals surface area contributed by atoms with E-state index < -0.39 is 16.1 Å². The largest absolute Gasteiger partial charge is 0.378 e. The molecule has 2 amide bonds. The molecule has 2 N–H and O–H groups in total. The smallest absolute Gasteiger partial charge is 0.283 e. The van der Waals surface area contributed by atoms with Gasteiger partial charge in [-0.2, -0.15) is 4.31 Å². The van der Waals surface area contributed by atoms with Crippen molar-refractivity contribution in [3.63, 3.8) is 0 Å². The lowest BCUT2D eigenvalue weighted by atomic mass is 10.1. The number of thiazole rings is 1. The van der Waals surface area contributed by atoms with E-state index in [-0.39, 0.29) is 48.9 Å². The van der Waals surface area contributed by atoms with E-state index in [1.165, 1.54) is 15.6 Å². The first-order chi connectivity index (χ1) is 19.2. The molecule has 0 radical (unpaired) electrons. The van der Waals surface area contributed by atoms with Crippen molar-refractivity contribution in [2.45, 2.75) is 43.4 Å². The Kier molecular flexibility index (Phi) is 7.61. The summed E-state index contributed by atoms with van der Waals surface area (Å²) in [6.45, 7) is 4.89. The van der Waals surface area contributed by atoms with Crippen molar-refractivity contribution in [2.24, 2.45) is 0 Å². The highest BCUT2D eigenvalue weighted by Gasteiger charge is 2.40. The molecule has 0 aliphatic carbocycles. The lowest BCUT2D eigenvalue weighted by molar-refractivity contribution is -0.136. The third-order valence-electron chi connectivity index (χ3n) is 7.73. The summed E-state index contributed by atoms with van der Waals surface area (Å²) < 4.78 is 34.2. The van der Waals surface area contributed by atoms with E-state index in [0.29, 0.717) is 53.8 Å². The van der Waals surface area contributed by atoms with Crippen LogP contribution in [-0.4, -0.2) is 102 Å². The van der Waals surface area contributed by atoms with E-state index in [1.807, 2.05) is 0 Å². The summed E-state index contributed by atoms with van der Waals surface area (Å²) in [5, 5.41) is 5.03. The Morgan fingerprint density at radius 1 is 1.18 bits per heavy atom. The molecule has 3 aliphatic heterocycles. The number of aromatic nitrogens is 2. The second-order valence-corrected chi connectivity index (χ2v) is 13.9. The lowest BCUT2D eigenvalue weighted by Crippen LogP contribution is -2.58. The molecular formula is C26H31ClN6O5S2. The number of sulfonamides is 1. The van der Waals surface area contributed by atoms with Crippen LogP contribution < -0.4 is 5.32 Å². The number of carbonyl (C=O) groups excluding carboxylic acids is 2. The minimum absolute atomic E-state index is 0.00392.